The Kier molecular flexibility index (Phi) is 16.0. The van der Waals surface area contributed by atoms with Gasteiger partial charge in [0.05, 0.1) is 22.6 Å². The number of carbonyl (C=O) groups excluding carboxylic acids is 7. The molecule has 0 N–H and O–H groups in total. The Morgan fingerprint density at radius 1 is 0.500 bits per heavy atom. The first-order valence-electron chi connectivity index (χ1n) is 30.8. The molecule has 1 unspecified atom stereocenters. The minimum Gasteiger partial charge on any atom is -0.466 e. The molecule has 0 saturated carbocycles. The molecule has 7 heterocycles. The summed E-state index contributed by atoms with van der Waals surface area (Å²) in [5.41, 5.74) is 5.12. The fourth-order valence-corrected chi connectivity index (χ4v) is 22.5. The van der Waals surface area contributed by atoms with Gasteiger partial charge in [0.1, 0.15) is 8.07 Å². The SMILES string of the molecule is CCCCC(C)CCN1C(=O)c2ccc3c4c(C)cc5c6c(ccc(c7c(C)cc(c2c37)C1=O)c64)C(=O)N(CCCCCCCCOC(=O)CCCCCCCCN1C(=O)c2c(C)sc(-c3cc4c(s3)-c3sc(C)cc3[Si]4(C)C)c2C1=O)C5=O. The van der Waals surface area contributed by atoms with Gasteiger partial charge in [0, 0.05) is 83.5 Å². The standard InChI is InChI=1S/C69H75N3O8S3Si/c1-9-10-23-38(2)29-32-72-65(75)46-28-26-44-53-39(3)34-47-56-45(27-25-43(58(53)56)54-40(4)35-48(67(72)77)57(46)59(44)54)64(74)70(66(47)76)30-20-17-13-14-18-22-33-80-52(73)24-19-15-11-12-16-21-31-71-68(78)55-42(6)82-61(60(55)69(71)79)49-37-51-63(83-49)62-50(84(51,7)8)36-41(5)81-62/h25-28,34-38H,9-24,29-33H2,1-8H3. The maximum absolute atomic E-state index is 14.4. The second-order valence-electron chi connectivity index (χ2n) is 24.9. The molecule has 5 aromatic carbocycles. The monoisotopic (exact) mass is 1200 g/mol. The van der Waals surface area contributed by atoms with Gasteiger partial charge < -0.3 is 4.74 Å². The topological polar surface area (TPSA) is 138 Å². The zero-order valence-electron chi connectivity index (χ0n) is 49.9. The summed E-state index contributed by atoms with van der Waals surface area (Å²) in [5, 5.41) is 9.77. The number of ether oxygens (including phenoxy) is 1. The third-order valence-corrected chi connectivity index (χ3v) is 26.2. The van der Waals surface area contributed by atoms with Crippen molar-refractivity contribution in [3.63, 3.8) is 0 Å². The van der Waals surface area contributed by atoms with Gasteiger partial charge in [0.15, 0.2) is 0 Å². The van der Waals surface area contributed by atoms with Crippen molar-refractivity contribution in [2.45, 2.75) is 164 Å². The molecular weight excluding hydrogens is 1120 g/mol. The Morgan fingerprint density at radius 3 is 1.60 bits per heavy atom. The molecule has 3 aromatic heterocycles. The summed E-state index contributed by atoms with van der Waals surface area (Å²) < 4.78 is 5.56. The van der Waals surface area contributed by atoms with Crippen LogP contribution in [0.3, 0.4) is 0 Å². The number of rotatable bonds is 25. The fourth-order valence-electron chi connectivity index (χ4n) is 14.2. The summed E-state index contributed by atoms with van der Waals surface area (Å²) in [5.74, 6) is -1.14. The average Bonchev–Trinajstić information content (AvgIpc) is 0.932. The number of thiophene rings is 3. The molecule has 15 heteroatoms. The molecule has 0 spiro atoms. The van der Waals surface area contributed by atoms with Crippen LogP contribution in [0.4, 0.5) is 0 Å². The molecule has 12 rings (SSSR count). The average molecular weight is 1200 g/mol. The molecule has 0 radical (unpaired) electrons. The van der Waals surface area contributed by atoms with E-state index in [0.29, 0.717) is 89.2 Å². The number of benzene rings is 5. The van der Waals surface area contributed by atoms with E-state index in [-0.39, 0.29) is 41.4 Å². The summed E-state index contributed by atoms with van der Waals surface area (Å²) in [4.78, 5) is 108. The van der Waals surface area contributed by atoms with Gasteiger partial charge in [-0.2, -0.15) is 0 Å². The van der Waals surface area contributed by atoms with E-state index in [1.54, 1.807) is 22.7 Å². The van der Waals surface area contributed by atoms with E-state index in [0.717, 1.165) is 154 Å². The highest BCUT2D eigenvalue weighted by atomic mass is 32.1. The van der Waals surface area contributed by atoms with Crippen LogP contribution in [0.15, 0.2) is 48.5 Å². The quantitative estimate of drug-likeness (QED) is 0.0138. The van der Waals surface area contributed by atoms with Crippen molar-refractivity contribution in [2.24, 2.45) is 5.92 Å². The van der Waals surface area contributed by atoms with Crippen LogP contribution in [0.1, 0.15) is 206 Å². The van der Waals surface area contributed by atoms with Gasteiger partial charge in [0.25, 0.3) is 35.4 Å². The molecular formula is C69H75N3O8S3Si. The predicted octanol–water partition coefficient (Wildman–Crippen LogP) is 15.9. The van der Waals surface area contributed by atoms with Gasteiger partial charge >= 0.3 is 5.97 Å². The Hall–Kier alpha value is -6.39. The molecule has 6 amide bonds. The van der Waals surface area contributed by atoms with Crippen molar-refractivity contribution in [3.8, 4) is 19.5 Å². The van der Waals surface area contributed by atoms with Gasteiger partial charge in [-0.15, -0.1) is 34.0 Å². The van der Waals surface area contributed by atoms with Gasteiger partial charge in [-0.1, -0.05) is 110 Å². The Morgan fingerprint density at radius 2 is 1.00 bits per heavy atom. The van der Waals surface area contributed by atoms with E-state index in [2.05, 4.69) is 46.0 Å². The molecule has 8 aromatic rings. The smallest absolute Gasteiger partial charge is 0.305 e. The Bertz CT molecular complexity index is 4070. The maximum atomic E-state index is 14.4. The van der Waals surface area contributed by atoms with Crippen molar-refractivity contribution in [1.29, 1.82) is 0 Å². The number of imide groups is 3. The number of hydrogen-bond acceptors (Lipinski definition) is 11. The number of unbranched alkanes of at least 4 members (excludes halogenated alkanes) is 11. The van der Waals surface area contributed by atoms with Gasteiger partial charge in [-0.05, 0) is 156 Å². The second kappa shape index (κ2) is 23.1. The van der Waals surface area contributed by atoms with Gasteiger partial charge in [-0.3, -0.25) is 48.3 Å². The van der Waals surface area contributed by atoms with Crippen LogP contribution in [0, 0.1) is 33.6 Å². The van der Waals surface area contributed by atoms with Gasteiger partial charge in [0.2, 0.25) is 0 Å². The molecule has 0 bridgehead atoms. The minimum atomic E-state index is -1.80. The maximum Gasteiger partial charge on any atom is 0.305 e. The van der Waals surface area contributed by atoms with E-state index in [1.165, 1.54) is 39.7 Å². The fraction of sp³-hybridized carbons (Fsp3) is 0.435. The molecule has 4 aliphatic rings. The highest BCUT2D eigenvalue weighted by molar-refractivity contribution is 7.31. The van der Waals surface area contributed by atoms with Crippen LogP contribution >= 0.6 is 34.0 Å². The first-order valence-corrected chi connectivity index (χ1v) is 36.2. The summed E-state index contributed by atoms with van der Waals surface area (Å²) in [6.45, 7) is 18.9. The van der Waals surface area contributed by atoms with Crippen molar-refractivity contribution in [2.75, 3.05) is 26.2 Å². The number of amides is 6. The van der Waals surface area contributed by atoms with Crippen molar-refractivity contribution < 1.29 is 38.3 Å². The summed E-state index contributed by atoms with van der Waals surface area (Å²) in [6, 6.07) is 16.2. The lowest BCUT2D eigenvalue weighted by Crippen LogP contribution is -2.48. The number of aryl methyl sites for hydroxylation is 4. The van der Waals surface area contributed by atoms with Crippen LogP contribution in [0.2, 0.25) is 13.1 Å². The predicted molar refractivity (Wildman–Crippen MR) is 345 cm³/mol. The van der Waals surface area contributed by atoms with Gasteiger partial charge in [-0.25, -0.2) is 0 Å². The van der Waals surface area contributed by atoms with Crippen LogP contribution in [0.5, 0.6) is 0 Å². The van der Waals surface area contributed by atoms with Crippen LogP contribution in [-0.2, 0) is 9.53 Å². The van der Waals surface area contributed by atoms with Crippen LogP contribution in [0.25, 0.3) is 62.6 Å². The number of hydrogen-bond donors (Lipinski definition) is 0. The number of nitrogens with zero attached hydrogens (tertiary/aromatic N) is 3. The molecule has 0 aliphatic carbocycles. The minimum absolute atomic E-state index is 0.157. The zero-order chi connectivity index (χ0) is 59.0. The molecule has 4 aliphatic heterocycles. The lowest BCUT2D eigenvalue weighted by molar-refractivity contribution is -0.143. The van der Waals surface area contributed by atoms with E-state index in [1.807, 2.05) is 68.5 Å². The lowest BCUT2D eigenvalue weighted by atomic mass is 9.79. The lowest BCUT2D eigenvalue weighted by Gasteiger charge is -2.31. The number of carbonyl (C=O) groups is 7. The highest BCUT2D eigenvalue weighted by Crippen LogP contribution is 2.50. The number of fused-ring (bicyclic) bond motifs is 6. The normalized spacial score (nSPS) is 15.6. The molecule has 11 nitrogen and oxygen atoms in total. The first kappa shape index (κ1) is 58.0. The molecule has 436 valence electrons. The third kappa shape index (κ3) is 9.76. The Balaban J connectivity index is 0.563. The van der Waals surface area contributed by atoms with Crippen molar-refractivity contribution in [1.82, 2.24) is 14.7 Å². The Labute approximate surface area is 505 Å². The largest absolute Gasteiger partial charge is 0.466 e. The van der Waals surface area contributed by atoms with E-state index >= 15 is 0 Å². The zero-order valence-corrected chi connectivity index (χ0v) is 53.3. The molecule has 84 heavy (non-hydrogen) atoms. The van der Waals surface area contributed by atoms with Crippen molar-refractivity contribution in [3.05, 3.63) is 103 Å². The molecule has 0 fully saturated rings. The summed E-state index contributed by atoms with van der Waals surface area (Å²) in [7, 11) is -1.80. The summed E-state index contributed by atoms with van der Waals surface area (Å²) >= 11 is 5.23. The van der Waals surface area contributed by atoms with Crippen molar-refractivity contribution >= 4 is 137 Å². The van der Waals surface area contributed by atoms with E-state index in [9.17, 15) is 33.6 Å². The second-order valence-corrected chi connectivity index (χ2v) is 32.8. The van der Waals surface area contributed by atoms with Crippen LogP contribution in [-0.4, -0.2) is 90.4 Å². The van der Waals surface area contributed by atoms with E-state index in [4.69, 9.17) is 4.74 Å². The van der Waals surface area contributed by atoms with E-state index < -0.39 is 8.07 Å². The number of esters is 1. The summed E-state index contributed by atoms with van der Waals surface area (Å²) in [6.07, 6.45) is 15.0. The van der Waals surface area contributed by atoms with Crippen LogP contribution < -0.4 is 10.4 Å². The highest BCUT2D eigenvalue weighted by Gasteiger charge is 2.45. The first-order chi connectivity index (χ1) is 40.4. The third-order valence-electron chi connectivity index (χ3n) is 18.7. The molecule has 0 saturated heterocycles. The molecule has 1 atom stereocenters.